The summed E-state index contributed by atoms with van der Waals surface area (Å²) in [5.74, 6) is 1.08. The number of aliphatic carboxylic acids is 1. The predicted octanol–water partition coefficient (Wildman–Crippen LogP) is 2.07. The number of carbonyl (C=O) groups is 2. The molecule has 0 heterocycles. The normalized spacial score (nSPS) is 13.7. The van der Waals surface area contributed by atoms with E-state index in [2.05, 4.69) is 17.6 Å². The zero-order valence-electron chi connectivity index (χ0n) is 11.4. The molecule has 3 N–H and O–H groups in total. The molecular formula is C12H24N2O3S. The van der Waals surface area contributed by atoms with Gasteiger partial charge in [0.15, 0.2) is 0 Å². The van der Waals surface area contributed by atoms with Crippen LogP contribution in [0.5, 0.6) is 0 Å². The minimum atomic E-state index is -0.985. The van der Waals surface area contributed by atoms with Gasteiger partial charge in [0.05, 0.1) is 0 Å². The maximum atomic E-state index is 11.6. The van der Waals surface area contributed by atoms with Crippen LogP contribution in [0.2, 0.25) is 0 Å². The smallest absolute Gasteiger partial charge is 0.326 e. The van der Waals surface area contributed by atoms with Gasteiger partial charge in [0, 0.05) is 6.04 Å². The molecule has 0 aliphatic rings. The Morgan fingerprint density at radius 3 is 2.39 bits per heavy atom. The summed E-state index contributed by atoms with van der Waals surface area (Å²) in [6.45, 7) is 5.91. The summed E-state index contributed by atoms with van der Waals surface area (Å²) in [5.41, 5.74) is 0. The number of nitrogens with one attached hydrogen (secondary N) is 2. The second kappa shape index (κ2) is 10.1. The second-order valence-electron chi connectivity index (χ2n) is 4.18. The fourth-order valence-electron chi connectivity index (χ4n) is 1.45. The number of carboxylic acids is 1. The number of carbonyl (C=O) groups excluding carboxylic acids is 1. The molecule has 0 bridgehead atoms. The number of thioether (sulfide) groups is 1. The highest BCUT2D eigenvalue weighted by Gasteiger charge is 2.19. The summed E-state index contributed by atoms with van der Waals surface area (Å²) >= 11 is 1.82. The Hall–Kier alpha value is -0.910. The molecule has 0 aliphatic heterocycles. The number of hydrogen-bond acceptors (Lipinski definition) is 3. The summed E-state index contributed by atoms with van der Waals surface area (Å²) in [6, 6.07) is -1.14. The first kappa shape index (κ1) is 17.1. The lowest BCUT2D eigenvalue weighted by atomic mass is 10.2. The van der Waals surface area contributed by atoms with E-state index in [9.17, 15) is 9.59 Å². The van der Waals surface area contributed by atoms with Gasteiger partial charge in [-0.05, 0) is 31.3 Å². The van der Waals surface area contributed by atoms with Crippen molar-refractivity contribution < 1.29 is 14.7 Å². The van der Waals surface area contributed by atoms with Crippen molar-refractivity contribution in [2.45, 2.75) is 52.1 Å². The highest BCUT2D eigenvalue weighted by atomic mass is 32.2. The van der Waals surface area contributed by atoms with Crippen molar-refractivity contribution in [3.63, 3.8) is 0 Å². The molecule has 0 saturated carbocycles. The summed E-state index contributed by atoms with van der Waals surface area (Å²) in [6.07, 6.45) is 2.06. The van der Waals surface area contributed by atoms with Crippen LogP contribution in [0.15, 0.2) is 0 Å². The molecule has 0 aromatic rings. The van der Waals surface area contributed by atoms with Crippen LogP contribution >= 0.6 is 11.8 Å². The molecular weight excluding hydrogens is 252 g/mol. The van der Waals surface area contributed by atoms with E-state index >= 15 is 0 Å². The van der Waals surface area contributed by atoms with Crippen molar-refractivity contribution in [1.29, 1.82) is 0 Å². The van der Waals surface area contributed by atoms with Gasteiger partial charge in [-0.2, -0.15) is 11.8 Å². The topological polar surface area (TPSA) is 78.4 Å². The average Bonchev–Trinajstić information content (AvgIpc) is 2.28. The fourth-order valence-corrected chi connectivity index (χ4v) is 2.26. The molecule has 2 amide bonds. The van der Waals surface area contributed by atoms with Crippen molar-refractivity contribution >= 4 is 23.8 Å². The quantitative estimate of drug-likeness (QED) is 0.563. The van der Waals surface area contributed by atoms with Crippen molar-refractivity contribution in [3.8, 4) is 0 Å². The molecule has 0 saturated heterocycles. The predicted molar refractivity (Wildman–Crippen MR) is 75.1 cm³/mol. The third-order valence-corrected chi connectivity index (χ3v) is 3.39. The first-order chi connectivity index (χ1) is 8.51. The lowest BCUT2D eigenvalue weighted by Crippen LogP contribution is -2.48. The van der Waals surface area contributed by atoms with E-state index in [4.69, 9.17) is 5.11 Å². The van der Waals surface area contributed by atoms with E-state index in [1.165, 1.54) is 0 Å². The molecule has 5 nitrogen and oxygen atoms in total. The standard InChI is InChI=1S/C12H24N2O3S/c1-4-6-10(11(15)16)14-12(17)13-9(3)7-8-18-5-2/h9-10H,4-8H2,1-3H3,(H,15,16)(H2,13,14,17)/t9?,10-/m1/s1. The van der Waals surface area contributed by atoms with E-state index in [-0.39, 0.29) is 6.04 Å². The highest BCUT2D eigenvalue weighted by molar-refractivity contribution is 7.99. The molecule has 0 spiro atoms. The lowest BCUT2D eigenvalue weighted by molar-refractivity contribution is -0.139. The Balaban J connectivity index is 3.96. The summed E-state index contributed by atoms with van der Waals surface area (Å²) in [7, 11) is 0. The molecule has 6 heteroatoms. The van der Waals surface area contributed by atoms with Crippen molar-refractivity contribution in [3.05, 3.63) is 0 Å². The largest absolute Gasteiger partial charge is 0.480 e. The van der Waals surface area contributed by atoms with E-state index in [0.717, 1.165) is 24.3 Å². The molecule has 106 valence electrons. The number of amides is 2. The van der Waals surface area contributed by atoms with Gasteiger partial charge in [0.2, 0.25) is 0 Å². The minimum Gasteiger partial charge on any atom is -0.480 e. The Morgan fingerprint density at radius 1 is 1.22 bits per heavy atom. The Morgan fingerprint density at radius 2 is 1.89 bits per heavy atom. The molecule has 2 atom stereocenters. The molecule has 18 heavy (non-hydrogen) atoms. The number of hydrogen-bond donors (Lipinski definition) is 3. The Labute approximate surface area is 113 Å². The van der Waals surface area contributed by atoms with Crippen molar-refractivity contribution in [1.82, 2.24) is 10.6 Å². The van der Waals surface area contributed by atoms with Crippen LogP contribution < -0.4 is 10.6 Å². The first-order valence-corrected chi connectivity index (χ1v) is 7.54. The van der Waals surface area contributed by atoms with Gasteiger partial charge in [-0.1, -0.05) is 20.3 Å². The van der Waals surface area contributed by atoms with Gasteiger partial charge in [0.1, 0.15) is 6.04 Å². The fraction of sp³-hybridized carbons (Fsp3) is 0.833. The maximum Gasteiger partial charge on any atom is 0.326 e. The summed E-state index contributed by atoms with van der Waals surface area (Å²) < 4.78 is 0. The van der Waals surface area contributed by atoms with Gasteiger partial charge in [-0.25, -0.2) is 9.59 Å². The zero-order valence-corrected chi connectivity index (χ0v) is 12.2. The summed E-state index contributed by atoms with van der Waals surface area (Å²) in [5, 5.41) is 14.2. The molecule has 0 aliphatic carbocycles. The van der Waals surface area contributed by atoms with Gasteiger partial charge in [-0.15, -0.1) is 0 Å². The summed E-state index contributed by atoms with van der Waals surface area (Å²) in [4.78, 5) is 22.5. The van der Waals surface area contributed by atoms with E-state index in [1.807, 2.05) is 25.6 Å². The number of urea groups is 1. The van der Waals surface area contributed by atoms with Crippen LogP contribution in [-0.2, 0) is 4.79 Å². The van der Waals surface area contributed by atoms with Crippen LogP contribution in [0, 0.1) is 0 Å². The average molecular weight is 276 g/mol. The Bertz CT molecular complexity index is 262. The molecule has 0 aromatic carbocycles. The number of rotatable bonds is 9. The molecule has 0 radical (unpaired) electrons. The van der Waals surface area contributed by atoms with Crippen LogP contribution in [0.4, 0.5) is 4.79 Å². The van der Waals surface area contributed by atoms with E-state index < -0.39 is 18.0 Å². The van der Waals surface area contributed by atoms with E-state index in [0.29, 0.717) is 6.42 Å². The second-order valence-corrected chi connectivity index (χ2v) is 5.58. The first-order valence-electron chi connectivity index (χ1n) is 6.38. The van der Waals surface area contributed by atoms with Gasteiger partial charge in [-0.3, -0.25) is 0 Å². The highest BCUT2D eigenvalue weighted by Crippen LogP contribution is 2.03. The van der Waals surface area contributed by atoms with E-state index in [1.54, 1.807) is 0 Å². The van der Waals surface area contributed by atoms with Crippen LogP contribution in [-0.4, -0.2) is 40.7 Å². The van der Waals surface area contributed by atoms with Crippen molar-refractivity contribution in [2.75, 3.05) is 11.5 Å². The van der Waals surface area contributed by atoms with Crippen LogP contribution in [0.25, 0.3) is 0 Å². The number of carboxylic acid groups (broad SMARTS) is 1. The lowest BCUT2D eigenvalue weighted by Gasteiger charge is -2.17. The van der Waals surface area contributed by atoms with Gasteiger partial charge >= 0.3 is 12.0 Å². The van der Waals surface area contributed by atoms with Crippen LogP contribution in [0.1, 0.15) is 40.0 Å². The SMILES string of the molecule is CCC[C@@H](NC(=O)NC(C)CCSCC)C(=O)O. The molecule has 0 fully saturated rings. The third kappa shape index (κ3) is 8.22. The Kier molecular flexibility index (Phi) is 9.55. The molecule has 0 rings (SSSR count). The molecule has 0 aromatic heterocycles. The monoisotopic (exact) mass is 276 g/mol. The van der Waals surface area contributed by atoms with Gasteiger partial charge < -0.3 is 15.7 Å². The van der Waals surface area contributed by atoms with Crippen LogP contribution in [0.3, 0.4) is 0 Å². The maximum absolute atomic E-state index is 11.6. The van der Waals surface area contributed by atoms with Gasteiger partial charge in [0.25, 0.3) is 0 Å². The third-order valence-electron chi connectivity index (χ3n) is 2.46. The van der Waals surface area contributed by atoms with Crippen molar-refractivity contribution in [2.24, 2.45) is 0 Å². The zero-order chi connectivity index (χ0) is 14.0. The minimum absolute atomic E-state index is 0.0557. The molecule has 1 unspecified atom stereocenters.